The smallest absolute Gasteiger partial charge is 0.162 e. The topological polar surface area (TPSA) is 53.8 Å². The number of para-hydroxylation sites is 1. The van der Waals surface area contributed by atoms with Crippen LogP contribution in [0.25, 0.3) is 0 Å². The minimum atomic E-state index is -0.352. The molecule has 0 saturated heterocycles. The molecule has 3 aromatic rings. The van der Waals surface area contributed by atoms with Gasteiger partial charge in [-0.1, -0.05) is 55.5 Å². The van der Waals surface area contributed by atoms with Gasteiger partial charge in [0.15, 0.2) is 11.5 Å². The summed E-state index contributed by atoms with van der Waals surface area (Å²) in [4.78, 5) is 4.94. The summed E-state index contributed by atoms with van der Waals surface area (Å²) in [5.41, 5.74) is 4.90. The van der Waals surface area contributed by atoms with Gasteiger partial charge in [0, 0.05) is 23.7 Å². The van der Waals surface area contributed by atoms with Crippen molar-refractivity contribution in [3.63, 3.8) is 0 Å². The van der Waals surface area contributed by atoms with Crippen molar-refractivity contribution in [1.82, 2.24) is 5.32 Å². The van der Waals surface area contributed by atoms with Gasteiger partial charge in [0.05, 0.1) is 6.61 Å². The Labute approximate surface area is 182 Å². The van der Waals surface area contributed by atoms with Crippen LogP contribution in [0.5, 0.6) is 11.5 Å². The van der Waals surface area contributed by atoms with Crippen LogP contribution in [0.2, 0.25) is 0 Å². The number of hydrogen-bond donors (Lipinski definition) is 2. The van der Waals surface area contributed by atoms with Gasteiger partial charge in [0.25, 0.3) is 0 Å². The number of hydrogen-bond acceptors (Lipinski definition) is 4. The Morgan fingerprint density at radius 1 is 1.03 bits per heavy atom. The fourth-order valence-electron chi connectivity index (χ4n) is 3.92. The van der Waals surface area contributed by atoms with Gasteiger partial charge in [-0.05, 0) is 48.2 Å². The number of halogens is 1. The highest BCUT2D eigenvalue weighted by atomic mass is 19.1. The second kappa shape index (κ2) is 9.31. The first-order valence-electron chi connectivity index (χ1n) is 10.7. The molecular formula is C26H27FN2O2. The molecule has 3 aromatic carbocycles. The minimum Gasteiger partial charge on any atom is -0.504 e. The Bertz CT molecular complexity index is 1060. The summed E-state index contributed by atoms with van der Waals surface area (Å²) in [7, 11) is 0. The molecule has 4 rings (SSSR count). The lowest BCUT2D eigenvalue weighted by Gasteiger charge is -2.31. The molecule has 0 radical (unpaired) electrons. The number of nitrogens with one attached hydrogen (secondary N) is 1. The lowest BCUT2D eigenvalue weighted by molar-refractivity contribution is 0.313. The molecule has 0 unspecified atom stereocenters. The zero-order valence-corrected chi connectivity index (χ0v) is 17.8. The first-order valence-corrected chi connectivity index (χ1v) is 10.7. The first kappa shape index (κ1) is 21.1. The molecule has 0 amide bonds. The van der Waals surface area contributed by atoms with Crippen LogP contribution in [0.4, 0.5) is 4.39 Å². The zero-order chi connectivity index (χ0) is 21.8. The number of phenols is 1. The second-order valence-corrected chi connectivity index (χ2v) is 7.63. The Morgan fingerprint density at radius 3 is 2.45 bits per heavy atom. The molecule has 31 heavy (non-hydrogen) atoms. The molecule has 0 aromatic heterocycles. The number of nitrogens with zero attached hydrogens (tertiary/aromatic N) is 1. The van der Waals surface area contributed by atoms with E-state index in [1.54, 1.807) is 18.2 Å². The normalized spacial score (nSPS) is 18.5. The molecule has 160 valence electrons. The molecular weight excluding hydrogens is 391 g/mol. The van der Waals surface area contributed by atoms with Crippen molar-refractivity contribution in [3.05, 3.63) is 94.8 Å². The number of aromatic hydroxyl groups is 1. The average Bonchev–Trinajstić information content (AvgIpc) is 2.81. The van der Waals surface area contributed by atoms with Crippen molar-refractivity contribution in [2.24, 2.45) is 4.99 Å². The molecule has 0 spiro atoms. The summed E-state index contributed by atoms with van der Waals surface area (Å²) in [6.45, 7) is 4.50. The van der Waals surface area contributed by atoms with E-state index in [-0.39, 0.29) is 23.8 Å². The van der Waals surface area contributed by atoms with Crippen LogP contribution in [0, 0.1) is 5.82 Å². The van der Waals surface area contributed by atoms with Crippen molar-refractivity contribution in [2.75, 3.05) is 6.61 Å². The fraction of sp³-hybridized carbons (Fsp3) is 0.269. The van der Waals surface area contributed by atoms with E-state index in [4.69, 9.17) is 9.73 Å². The van der Waals surface area contributed by atoms with Gasteiger partial charge >= 0.3 is 0 Å². The van der Waals surface area contributed by atoms with Gasteiger partial charge < -0.3 is 9.84 Å². The third-order valence-electron chi connectivity index (χ3n) is 5.63. The molecule has 1 aliphatic rings. The van der Waals surface area contributed by atoms with E-state index >= 15 is 0 Å². The average molecular weight is 419 g/mol. The second-order valence-electron chi connectivity index (χ2n) is 7.63. The molecule has 0 saturated carbocycles. The molecule has 1 aliphatic heterocycles. The van der Waals surface area contributed by atoms with Crippen molar-refractivity contribution in [3.8, 4) is 11.5 Å². The standard InChI is InChI=1S/C26H27FN2O2/c1-3-17-8-10-18(11-9-17)22-16-23(21-6-5-7-24(25(21)30)31-4-2)29-26(28-22)19-12-14-20(27)15-13-19/h5-15,23,26,29-30H,3-4,16H2,1-2H3/t23-,26-/m0/s1. The Morgan fingerprint density at radius 2 is 1.77 bits per heavy atom. The maximum absolute atomic E-state index is 13.5. The Kier molecular flexibility index (Phi) is 6.33. The minimum absolute atomic E-state index is 0.141. The number of benzene rings is 3. The molecule has 1 heterocycles. The highest BCUT2D eigenvalue weighted by Crippen LogP contribution is 2.38. The highest BCUT2D eigenvalue weighted by Gasteiger charge is 2.28. The summed E-state index contributed by atoms with van der Waals surface area (Å²) in [6.07, 6.45) is 1.25. The van der Waals surface area contributed by atoms with E-state index in [1.807, 2.05) is 19.1 Å². The van der Waals surface area contributed by atoms with Gasteiger partial charge in [0.1, 0.15) is 12.0 Å². The van der Waals surface area contributed by atoms with Crippen LogP contribution in [-0.2, 0) is 6.42 Å². The predicted octanol–water partition coefficient (Wildman–Crippen LogP) is 5.71. The fourth-order valence-corrected chi connectivity index (χ4v) is 3.92. The lowest BCUT2D eigenvalue weighted by atomic mass is 9.93. The van der Waals surface area contributed by atoms with Gasteiger partial charge in [-0.3, -0.25) is 10.3 Å². The van der Waals surface area contributed by atoms with Gasteiger partial charge in [-0.2, -0.15) is 0 Å². The number of ether oxygens (including phenoxy) is 1. The molecule has 4 nitrogen and oxygen atoms in total. The molecule has 0 bridgehead atoms. The zero-order valence-electron chi connectivity index (χ0n) is 17.8. The van der Waals surface area contributed by atoms with Crippen LogP contribution >= 0.6 is 0 Å². The van der Waals surface area contributed by atoms with E-state index < -0.39 is 0 Å². The number of rotatable bonds is 6. The third kappa shape index (κ3) is 4.62. The number of phenolic OH excluding ortho intramolecular Hbond substituents is 1. The monoisotopic (exact) mass is 418 g/mol. The molecule has 2 atom stereocenters. The third-order valence-corrected chi connectivity index (χ3v) is 5.63. The maximum Gasteiger partial charge on any atom is 0.162 e. The van der Waals surface area contributed by atoms with Gasteiger partial charge in [-0.15, -0.1) is 0 Å². The SMILES string of the molecule is CCOc1cccc([C@@H]2CC(c3ccc(CC)cc3)=N[C@H](c3ccc(F)cc3)N2)c1O. The van der Waals surface area contributed by atoms with Crippen LogP contribution in [0.15, 0.2) is 71.7 Å². The summed E-state index contributed by atoms with van der Waals surface area (Å²) < 4.78 is 19.1. The molecule has 5 heteroatoms. The first-order chi connectivity index (χ1) is 15.1. The molecule has 0 aliphatic carbocycles. The highest BCUT2D eigenvalue weighted by molar-refractivity contribution is 6.01. The maximum atomic E-state index is 13.5. The van der Waals surface area contributed by atoms with Crippen LogP contribution in [0.3, 0.4) is 0 Å². The van der Waals surface area contributed by atoms with Crippen molar-refractivity contribution in [1.29, 1.82) is 0 Å². The van der Waals surface area contributed by atoms with Crippen molar-refractivity contribution < 1.29 is 14.2 Å². The van der Waals surface area contributed by atoms with E-state index in [9.17, 15) is 9.50 Å². The number of aliphatic imine (C=N–C) groups is 1. The molecule has 2 N–H and O–H groups in total. The van der Waals surface area contributed by atoms with Crippen LogP contribution in [0.1, 0.15) is 54.7 Å². The largest absolute Gasteiger partial charge is 0.504 e. The van der Waals surface area contributed by atoms with E-state index in [2.05, 4.69) is 36.5 Å². The van der Waals surface area contributed by atoms with Crippen molar-refractivity contribution >= 4 is 5.71 Å². The quantitative estimate of drug-likeness (QED) is 0.539. The summed E-state index contributed by atoms with van der Waals surface area (Å²) in [5.74, 6) is 0.330. The van der Waals surface area contributed by atoms with Crippen LogP contribution in [-0.4, -0.2) is 17.4 Å². The summed E-state index contributed by atoms with van der Waals surface area (Å²) in [5, 5.41) is 14.3. The van der Waals surface area contributed by atoms with E-state index in [1.165, 1.54) is 17.7 Å². The lowest BCUT2D eigenvalue weighted by Crippen LogP contribution is -2.33. The number of aryl methyl sites for hydroxylation is 1. The predicted molar refractivity (Wildman–Crippen MR) is 121 cm³/mol. The van der Waals surface area contributed by atoms with Crippen molar-refractivity contribution in [2.45, 2.75) is 38.9 Å². The Balaban J connectivity index is 1.73. The summed E-state index contributed by atoms with van der Waals surface area (Å²) in [6, 6.07) is 20.2. The Hall–Kier alpha value is -3.18. The van der Waals surface area contributed by atoms with Gasteiger partial charge in [-0.25, -0.2) is 4.39 Å². The molecule has 0 fully saturated rings. The van der Waals surface area contributed by atoms with Crippen LogP contribution < -0.4 is 10.1 Å². The van der Waals surface area contributed by atoms with E-state index in [0.717, 1.165) is 28.8 Å². The van der Waals surface area contributed by atoms with Gasteiger partial charge in [0.2, 0.25) is 0 Å². The van der Waals surface area contributed by atoms with E-state index in [0.29, 0.717) is 18.8 Å². The summed E-state index contributed by atoms with van der Waals surface area (Å²) >= 11 is 0.